The fourth-order valence-corrected chi connectivity index (χ4v) is 1.97. The first-order valence-electron chi connectivity index (χ1n) is 7.14. The molecule has 24 heavy (non-hydrogen) atoms. The van der Waals surface area contributed by atoms with Crippen molar-refractivity contribution < 1.29 is 19.2 Å². The lowest BCUT2D eigenvalue weighted by Crippen LogP contribution is -2.37. The maximum atomic E-state index is 12.8. The monoisotopic (exact) mass is 333 g/mol. The van der Waals surface area contributed by atoms with Crippen LogP contribution in [0.5, 0.6) is 0 Å². The van der Waals surface area contributed by atoms with Gasteiger partial charge in [0.1, 0.15) is 5.82 Å². The maximum absolute atomic E-state index is 12.8. The van der Waals surface area contributed by atoms with Crippen molar-refractivity contribution in [2.75, 3.05) is 6.54 Å². The number of benzene rings is 2. The van der Waals surface area contributed by atoms with E-state index in [0.717, 1.165) is 5.56 Å². The molecule has 0 fully saturated rings. The molecule has 0 unspecified atom stereocenters. The summed E-state index contributed by atoms with van der Waals surface area (Å²) in [4.78, 5) is 21.7. The van der Waals surface area contributed by atoms with Crippen molar-refractivity contribution in [3.8, 4) is 0 Å². The molecule has 3 N–H and O–H groups in total. The summed E-state index contributed by atoms with van der Waals surface area (Å²) >= 11 is 0. The Morgan fingerprint density at radius 1 is 1.12 bits per heavy atom. The number of rotatable bonds is 6. The molecule has 0 saturated heterocycles. The molecule has 0 bridgehead atoms. The van der Waals surface area contributed by atoms with Gasteiger partial charge in [-0.15, -0.1) is 0 Å². The lowest BCUT2D eigenvalue weighted by molar-refractivity contribution is -0.384. The minimum absolute atomic E-state index is 0.0485. The van der Waals surface area contributed by atoms with E-state index in [9.17, 15) is 24.4 Å². The lowest BCUT2D eigenvalue weighted by atomic mass is 10.1. The summed E-state index contributed by atoms with van der Waals surface area (Å²) in [5.41, 5.74) is 1.12. The highest BCUT2D eigenvalue weighted by Gasteiger charge is 2.11. The van der Waals surface area contributed by atoms with Crippen molar-refractivity contribution in [3.63, 3.8) is 0 Å². The molecule has 0 heterocycles. The number of hydrogen-bond donors (Lipinski definition) is 3. The molecule has 2 amide bonds. The highest BCUT2D eigenvalue weighted by molar-refractivity contribution is 5.73. The molecule has 2 aromatic rings. The molecule has 0 aliphatic rings. The van der Waals surface area contributed by atoms with E-state index in [1.54, 1.807) is 12.1 Å². The van der Waals surface area contributed by atoms with Gasteiger partial charge in [-0.1, -0.05) is 12.1 Å². The number of carbonyl (C=O) groups is 1. The van der Waals surface area contributed by atoms with Crippen LogP contribution < -0.4 is 10.6 Å². The van der Waals surface area contributed by atoms with Crippen LogP contribution in [-0.2, 0) is 6.54 Å². The Labute approximate surface area is 137 Å². The third kappa shape index (κ3) is 5.03. The topological polar surface area (TPSA) is 104 Å². The maximum Gasteiger partial charge on any atom is 0.315 e. The molecule has 7 nitrogen and oxygen atoms in total. The number of nitrogens with zero attached hydrogens (tertiary/aromatic N) is 1. The number of hydrogen-bond acceptors (Lipinski definition) is 4. The molecular formula is C16H16FN3O4. The number of aliphatic hydroxyl groups is 1. The quantitative estimate of drug-likeness (QED) is 0.557. The summed E-state index contributed by atoms with van der Waals surface area (Å²) in [6, 6.07) is 10.7. The zero-order valence-electron chi connectivity index (χ0n) is 12.6. The number of halogens is 1. The molecule has 2 aromatic carbocycles. The van der Waals surface area contributed by atoms with Gasteiger partial charge in [0.15, 0.2) is 0 Å². The average molecular weight is 333 g/mol. The predicted molar refractivity (Wildman–Crippen MR) is 84.7 cm³/mol. The number of non-ortho nitro benzene ring substituents is 1. The second-order valence-electron chi connectivity index (χ2n) is 5.05. The van der Waals surface area contributed by atoms with Gasteiger partial charge in [0.25, 0.3) is 5.69 Å². The van der Waals surface area contributed by atoms with E-state index in [2.05, 4.69) is 10.6 Å². The van der Waals surface area contributed by atoms with Gasteiger partial charge in [-0.2, -0.15) is 0 Å². The first-order chi connectivity index (χ1) is 11.5. The van der Waals surface area contributed by atoms with Crippen molar-refractivity contribution >= 4 is 11.7 Å². The molecule has 2 rings (SSSR count). The van der Waals surface area contributed by atoms with Crippen LogP contribution in [0.4, 0.5) is 14.9 Å². The van der Waals surface area contributed by atoms with Crippen LogP contribution >= 0.6 is 0 Å². The Hall–Kier alpha value is -3.00. The van der Waals surface area contributed by atoms with E-state index in [-0.39, 0.29) is 24.6 Å². The summed E-state index contributed by atoms with van der Waals surface area (Å²) in [5.74, 6) is -0.352. The largest absolute Gasteiger partial charge is 0.387 e. The number of nitrogens with one attached hydrogen (secondary N) is 2. The van der Waals surface area contributed by atoms with Crippen LogP contribution in [0, 0.1) is 15.9 Å². The third-order valence-electron chi connectivity index (χ3n) is 3.31. The predicted octanol–water partition coefficient (Wildman–Crippen LogP) is 2.27. The number of carbonyl (C=O) groups excluding carboxylic acids is 1. The van der Waals surface area contributed by atoms with E-state index < -0.39 is 17.1 Å². The van der Waals surface area contributed by atoms with Gasteiger partial charge in [-0.05, 0) is 35.4 Å². The standard InChI is InChI=1S/C16H16FN3O4/c17-13-5-1-11(2-6-13)9-18-16(22)19-10-15(21)12-3-7-14(8-4-12)20(23)24/h1-8,15,21H,9-10H2,(H2,18,19,22)/t15-/m1/s1. The van der Waals surface area contributed by atoms with Gasteiger partial charge in [-0.25, -0.2) is 9.18 Å². The Balaban J connectivity index is 1.78. The molecule has 0 saturated carbocycles. The van der Waals surface area contributed by atoms with Crippen molar-refractivity contribution in [1.29, 1.82) is 0 Å². The summed E-state index contributed by atoms with van der Waals surface area (Å²) < 4.78 is 12.8. The fourth-order valence-electron chi connectivity index (χ4n) is 1.97. The van der Waals surface area contributed by atoms with E-state index >= 15 is 0 Å². The average Bonchev–Trinajstić information content (AvgIpc) is 2.59. The van der Waals surface area contributed by atoms with Gasteiger partial charge in [-0.3, -0.25) is 10.1 Å². The third-order valence-corrected chi connectivity index (χ3v) is 3.31. The minimum Gasteiger partial charge on any atom is -0.387 e. The molecule has 8 heteroatoms. The molecule has 126 valence electrons. The first kappa shape index (κ1) is 17.4. The molecule has 0 aliphatic heterocycles. The SMILES string of the molecule is O=C(NCc1ccc(F)cc1)NC[C@@H](O)c1ccc([N+](=O)[O-])cc1. The van der Waals surface area contributed by atoms with Crippen LogP contribution in [-0.4, -0.2) is 22.6 Å². The minimum atomic E-state index is -0.984. The van der Waals surface area contributed by atoms with E-state index in [4.69, 9.17) is 0 Å². The number of aliphatic hydroxyl groups excluding tert-OH is 1. The van der Waals surface area contributed by atoms with Crippen LogP contribution in [0.3, 0.4) is 0 Å². The second kappa shape index (κ2) is 8.02. The summed E-state index contributed by atoms with van der Waals surface area (Å²) in [5, 5.41) is 25.6. The van der Waals surface area contributed by atoms with Crippen molar-refractivity contribution in [2.45, 2.75) is 12.6 Å². The van der Waals surface area contributed by atoms with Crippen molar-refractivity contribution in [3.05, 3.63) is 75.6 Å². The fraction of sp³-hybridized carbons (Fsp3) is 0.188. The van der Waals surface area contributed by atoms with Gasteiger partial charge in [0, 0.05) is 25.2 Å². The highest BCUT2D eigenvalue weighted by atomic mass is 19.1. The normalized spacial score (nSPS) is 11.6. The summed E-state index contributed by atoms with van der Waals surface area (Å²) in [6.07, 6.45) is -0.984. The van der Waals surface area contributed by atoms with Crippen LogP contribution in [0.25, 0.3) is 0 Å². The van der Waals surface area contributed by atoms with Gasteiger partial charge in [0.2, 0.25) is 0 Å². The number of amides is 2. The Kier molecular flexibility index (Phi) is 5.80. The number of urea groups is 1. The molecule has 1 atom stereocenters. The first-order valence-corrected chi connectivity index (χ1v) is 7.14. The Bertz CT molecular complexity index is 704. The molecular weight excluding hydrogens is 317 g/mol. The lowest BCUT2D eigenvalue weighted by Gasteiger charge is -2.13. The molecule has 0 aliphatic carbocycles. The second-order valence-corrected chi connectivity index (χ2v) is 5.05. The van der Waals surface area contributed by atoms with Gasteiger partial charge >= 0.3 is 6.03 Å². The highest BCUT2D eigenvalue weighted by Crippen LogP contribution is 2.17. The van der Waals surface area contributed by atoms with Crippen LogP contribution in [0.2, 0.25) is 0 Å². The molecule has 0 aromatic heterocycles. The van der Waals surface area contributed by atoms with Gasteiger partial charge in [0.05, 0.1) is 11.0 Å². The Morgan fingerprint density at radius 3 is 2.33 bits per heavy atom. The van der Waals surface area contributed by atoms with E-state index in [1.165, 1.54) is 36.4 Å². The smallest absolute Gasteiger partial charge is 0.315 e. The van der Waals surface area contributed by atoms with Crippen LogP contribution in [0.1, 0.15) is 17.2 Å². The zero-order valence-corrected chi connectivity index (χ0v) is 12.6. The number of nitro benzene ring substituents is 1. The summed E-state index contributed by atoms with van der Waals surface area (Å²) in [6.45, 7) is 0.173. The van der Waals surface area contributed by atoms with Crippen molar-refractivity contribution in [1.82, 2.24) is 10.6 Å². The van der Waals surface area contributed by atoms with E-state index in [1.807, 2.05) is 0 Å². The number of nitro groups is 1. The summed E-state index contributed by atoms with van der Waals surface area (Å²) in [7, 11) is 0. The van der Waals surface area contributed by atoms with E-state index in [0.29, 0.717) is 5.56 Å². The van der Waals surface area contributed by atoms with Crippen LogP contribution in [0.15, 0.2) is 48.5 Å². The van der Waals surface area contributed by atoms with Gasteiger partial charge < -0.3 is 15.7 Å². The molecule has 0 spiro atoms. The van der Waals surface area contributed by atoms with Crippen molar-refractivity contribution in [2.24, 2.45) is 0 Å². The zero-order chi connectivity index (χ0) is 17.5. The Morgan fingerprint density at radius 2 is 1.75 bits per heavy atom. The molecule has 0 radical (unpaired) electrons.